The van der Waals surface area contributed by atoms with Crippen molar-refractivity contribution in [3.05, 3.63) is 35.8 Å². The Morgan fingerprint density at radius 2 is 1.81 bits per heavy atom. The molecule has 0 aliphatic rings. The van der Waals surface area contributed by atoms with Crippen LogP contribution in [0.15, 0.2) is 33.9 Å². The van der Waals surface area contributed by atoms with Crippen LogP contribution in [-0.2, 0) is 32.8 Å². The minimum absolute atomic E-state index is 0.0631. The summed E-state index contributed by atoms with van der Waals surface area (Å²) in [5.41, 5.74) is -1.50. The minimum Gasteiger partial charge on any atom is -0.312 e. The number of carbonyl (C=O) groups excluding carboxylic acids is 1. The molecule has 0 fully saturated rings. The number of carbonyl (C=O) groups is 1. The first kappa shape index (κ1) is 25.7. The van der Waals surface area contributed by atoms with Crippen LogP contribution in [0.25, 0.3) is 28.2 Å². The molecule has 4 aromatic rings. The van der Waals surface area contributed by atoms with Crippen molar-refractivity contribution in [2.75, 3.05) is 17.8 Å². The third-order valence-electron chi connectivity index (χ3n) is 5.45. The van der Waals surface area contributed by atoms with E-state index in [-0.39, 0.29) is 45.4 Å². The summed E-state index contributed by atoms with van der Waals surface area (Å²) in [6.07, 6.45) is -1.47. The van der Waals surface area contributed by atoms with Crippen molar-refractivity contribution in [3.63, 3.8) is 0 Å². The molecule has 11 nitrogen and oxygen atoms in total. The number of pyridine rings is 1. The van der Waals surface area contributed by atoms with E-state index in [1.807, 2.05) is 0 Å². The van der Waals surface area contributed by atoms with Crippen molar-refractivity contribution in [1.29, 1.82) is 0 Å². The van der Waals surface area contributed by atoms with Gasteiger partial charge in [-0.05, 0) is 12.1 Å². The zero-order valence-corrected chi connectivity index (χ0v) is 21.1. The number of hydrogen-bond donors (Lipinski definition) is 0. The molecular weight excluding hydrogens is 523 g/mol. The van der Waals surface area contributed by atoms with Gasteiger partial charge in [0.15, 0.2) is 26.2 Å². The molecule has 16 heteroatoms. The number of sulfone groups is 1. The van der Waals surface area contributed by atoms with Gasteiger partial charge >= 0.3 is 12.1 Å². The second-order valence-corrected chi connectivity index (χ2v) is 12.7. The Hall–Kier alpha value is -3.40. The second-order valence-electron chi connectivity index (χ2n) is 7.85. The Morgan fingerprint density at radius 3 is 2.42 bits per heavy atom. The number of rotatable bonds is 5. The number of amides is 1. The van der Waals surface area contributed by atoms with Crippen LogP contribution < -0.4 is 0 Å². The van der Waals surface area contributed by atoms with Crippen LogP contribution >= 0.6 is 0 Å². The molecule has 1 unspecified atom stereocenters. The number of halogens is 3. The van der Waals surface area contributed by atoms with Gasteiger partial charge in [0.1, 0.15) is 22.6 Å². The molecule has 0 saturated carbocycles. The smallest absolute Gasteiger partial charge is 0.312 e. The van der Waals surface area contributed by atoms with Crippen LogP contribution in [0.4, 0.5) is 13.2 Å². The van der Waals surface area contributed by atoms with E-state index >= 15 is 0 Å². The monoisotopic (exact) mass is 543 g/mol. The quantitative estimate of drug-likeness (QED) is 0.374. The first-order valence-corrected chi connectivity index (χ1v) is 14.2. The fourth-order valence-corrected chi connectivity index (χ4v) is 4.93. The maximum absolute atomic E-state index is 13.2. The fourth-order valence-electron chi connectivity index (χ4n) is 3.38. The molecule has 0 spiro atoms. The summed E-state index contributed by atoms with van der Waals surface area (Å²) in [5, 5.41) is 3.64. The van der Waals surface area contributed by atoms with Gasteiger partial charge in [0.05, 0.1) is 21.0 Å². The van der Waals surface area contributed by atoms with Gasteiger partial charge in [-0.1, -0.05) is 13.8 Å². The lowest BCUT2D eigenvalue weighted by Gasteiger charge is -2.05. The molecule has 0 bridgehead atoms. The van der Waals surface area contributed by atoms with Gasteiger partial charge in [-0.25, -0.2) is 32.1 Å². The summed E-state index contributed by atoms with van der Waals surface area (Å²) in [7, 11) is -5.41. The number of aromatic nitrogens is 6. The van der Waals surface area contributed by atoms with Crippen molar-refractivity contribution in [2.24, 2.45) is 11.4 Å². The Labute approximate surface area is 203 Å². The number of imidazole rings is 1. The maximum Gasteiger partial charge on any atom is 0.417 e. The van der Waals surface area contributed by atoms with Crippen LogP contribution in [-0.4, -0.2) is 65.4 Å². The molecule has 192 valence electrons. The highest BCUT2D eigenvalue weighted by atomic mass is 32.2. The summed E-state index contributed by atoms with van der Waals surface area (Å²) in [4.78, 5) is 25.1. The van der Waals surface area contributed by atoms with Crippen molar-refractivity contribution < 1.29 is 30.6 Å². The molecule has 0 radical (unpaired) electrons. The van der Waals surface area contributed by atoms with Crippen LogP contribution in [0.1, 0.15) is 29.9 Å². The molecular formula is C20H20F3N7O4S2. The van der Waals surface area contributed by atoms with Crippen LogP contribution in [0.5, 0.6) is 0 Å². The van der Waals surface area contributed by atoms with E-state index in [1.165, 1.54) is 37.1 Å². The predicted octanol–water partition coefficient (Wildman–Crippen LogP) is 2.75. The highest BCUT2D eigenvalue weighted by Crippen LogP contribution is 2.35. The van der Waals surface area contributed by atoms with E-state index in [0.29, 0.717) is 6.20 Å². The van der Waals surface area contributed by atoms with Crippen LogP contribution in [0, 0.1) is 0 Å². The van der Waals surface area contributed by atoms with Gasteiger partial charge < -0.3 is 4.57 Å². The third kappa shape index (κ3) is 4.34. The normalized spacial score (nSPS) is 14.3. The van der Waals surface area contributed by atoms with E-state index < -0.39 is 42.2 Å². The Balaban J connectivity index is 2.07. The molecule has 36 heavy (non-hydrogen) atoms. The van der Waals surface area contributed by atoms with Gasteiger partial charge in [-0.3, -0.25) is 4.79 Å². The molecule has 4 aromatic heterocycles. The minimum atomic E-state index is -4.66. The number of alkyl halides is 3. The Kier molecular flexibility index (Phi) is 6.15. The van der Waals surface area contributed by atoms with Gasteiger partial charge in [0.25, 0.3) is 0 Å². The maximum atomic E-state index is 13.2. The zero-order valence-electron chi connectivity index (χ0n) is 19.4. The molecule has 0 N–H and O–H groups in total. The zero-order chi connectivity index (χ0) is 26.6. The van der Waals surface area contributed by atoms with Crippen molar-refractivity contribution >= 4 is 42.3 Å². The standard InChI is InChI=1S/C20H20F3N7O4S2/c1-5-35(4,32)28-18(31)13-7-8-24-16-14(19(27-30(13)16)36(33,34)6-2)17-26-12-9-11(20(21,22)23)10-25-15(12)29(17)3/h7-10H,5-6H2,1-4H3. The molecule has 0 saturated heterocycles. The summed E-state index contributed by atoms with van der Waals surface area (Å²) in [5.74, 6) is -1.22. The summed E-state index contributed by atoms with van der Waals surface area (Å²) in [6, 6.07) is 2.05. The lowest BCUT2D eigenvalue weighted by molar-refractivity contribution is -0.137. The van der Waals surface area contributed by atoms with E-state index in [2.05, 4.69) is 24.4 Å². The molecule has 1 amide bonds. The van der Waals surface area contributed by atoms with Crippen LogP contribution in [0.3, 0.4) is 0 Å². The Morgan fingerprint density at radius 1 is 1.11 bits per heavy atom. The van der Waals surface area contributed by atoms with Crippen molar-refractivity contribution in [1.82, 2.24) is 29.1 Å². The number of nitrogens with zero attached hydrogens (tertiary/aromatic N) is 7. The lowest BCUT2D eigenvalue weighted by atomic mass is 10.2. The van der Waals surface area contributed by atoms with E-state index in [1.54, 1.807) is 6.92 Å². The third-order valence-corrected chi connectivity index (χ3v) is 8.71. The molecule has 4 heterocycles. The van der Waals surface area contributed by atoms with Crippen molar-refractivity contribution in [2.45, 2.75) is 25.0 Å². The second kappa shape index (κ2) is 8.62. The predicted molar refractivity (Wildman–Crippen MR) is 125 cm³/mol. The highest BCUT2D eigenvalue weighted by Gasteiger charge is 2.33. The van der Waals surface area contributed by atoms with Gasteiger partial charge in [0.2, 0.25) is 0 Å². The van der Waals surface area contributed by atoms with E-state index in [9.17, 15) is 30.6 Å². The number of fused-ring (bicyclic) bond motifs is 2. The molecule has 4 rings (SSSR count). The van der Waals surface area contributed by atoms with Crippen molar-refractivity contribution in [3.8, 4) is 11.4 Å². The fraction of sp³-hybridized carbons (Fsp3) is 0.350. The van der Waals surface area contributed by atoms with Crippen LogP contribution in [0.2, 0.25) is 0 Å². The molecule has 0 aliphatic heterocycles. The SMILES string of the molecule is CCS(=O)(=O)c1nn2c(C(=O)N=S(C)(=O)CC)ccnc2c1-c1nc2cc(C(F)(F)F)cnc2n1C. The first-order chi connectivity index (χ1) is 16.7. The first-order valence-electron chi connectivity index (χ1n) is 10.4. The Bertz CT molecular complexity index is 1770. The average Bonchev–Trinajstić information content (AvgIpc) is 3.36. The summed E-state index contributed by atoms with van der Waals surface area (Å²) >= 11 is 0. The number of hydrogen-bond acceptors (Lipinski definition) is 8. The average molecular weight is 544 g/mol. The topological polar surface area (TPSA) is 142 Å². The summed E-state index contributed by atoms with van der Waals surface area (Å²) < 4.78 is 83.9. The molecule has 0 aliphatic carbocycles. The molecule has 0 aromatic carbocycles. The highest BCUT2D eigenvalue weighted by molar-refractivity contribution is 7.93. The van der Waals surface area contributed by atoms with E-state index in [0.717, 1.165) is 10.6 Å². The largest absolute Gasteiger partial charge is 0.417 e. The van der Waals surface area contributed by atoms with Gasteiger partial charge in [-0.2, -0.15) is 22.6 Å². The van der Waals surface area contributed by atoms with Gasteiger partial charge in [-0.15, -0.1) is 0 Å². The lowest BCUT2D eigenvalue weighted by Crippen LogP contribution is -2.11. The molecule has 1 atom stereocenters. The van der Waals surface area contributed by atoms with E-state index in [4.69, 9.17) is 0 Å². The van der Waals surface area contributed by atoms with Gasteiger partial charge in [0, 0.05) is 31.4 Å². The summed E-state index contributed by atoms with van der Waals surface area (Å²) in [6.45, 7) is 2.99. The number of aryl methyl sites for hydroxylation is 1.